The molecule has 4 heteroatoms. The van der Waals surface area contributed by atoms with E-state index in [9.17, 15) is 9.65 Å². The van der Waals surface area contributed by atoms with Crippen LogP contribution in [0.4, 0.5) is 4.39 Å². The zero-order valence-corrected chi connectivity index (χ0v) is 11.2. The summed E-state index contributed by atoms with van der Waals surface area (Å²) in [5.41, 5.74) is 0.300. The maximum Gasteiger partial charge on any atom is 0.123 e. The van der Waals surface area contributed by atoms with Gasteiger partial charge in [0.05, 0.1) is 12.2 Å². The molecule has 3 nitrogen and oxygen atoms in total. The summed E-state index contributed by atoms with van der Waals surface area (Å²) in [6, 6.07) is 8.59. The molecule has 1 fully saturated rings. The summed E-state index contributed by atoms with van der Waals surface area (Å²) >= 11 is 0. The first-order valence-corrected chi connectivity index (χ1v) is 6.64. The third-order valence-electron chi connectivity index (χ3n) is 3.46. The van der Waals surface area contributed by atoms with E-state index in [0.717, 1.165) is 25.0 Å². The Morgan fingerprint density at radius 3 is 2.79 bits per heavy atom. The fourth-order valence-corrected chi connectivity index (χ4v) is 2.30. The van der Waals surface area contributed by atoms with Crippen LogP contribution in [0, 0.1) is 17.1 Å². The number of rotatable bonds is 5. The highest BCUT2D eigenvalue weighted by molar-refractivity contribution is 5.22. The van der Waals surface area contributed by atoms with Crippen LogP contribution in [0.1, 0.15) is 25.3 Å². The molecule has 1 aliphatic heterocycles. The number of hydrogen-bond donors (Lipinski definition) is 1. The zero-order valence-electron chi connectivity index (χ0n) is 11.2. The Morgan fingerprint density at radius 1 is 1.47 bits per heavy atom. The highest BCUT2D eigenvalue weighted by Gasteiger charge is 2.26. The summed E-state index contributed by atoms with van der Waals surface area (Å²) in [5.74, 6) is -0.255. The van der Waals surface area contributed by atoms with Crippen LogP contribution in [0.3, 0.4) is 0 Å². The second-order valence-corrected chi connectivity index (χ2v) is 5.26. The summed E-state index contributed by atoms with van der Waals surface area (Å²) in [6.45, 7) is 3.37. The molecule has 0 bridgehead atoms. The van der Waals surface area contributed by atoms with Crippen molar-refractivity contribution < 1.29 is 9.13 Å². The van der Waals surface area contributed by atoms with Gasteiger partial charge in [0.2, 0.25) is 0 Å². The molecule has 2 unspecified atom stereocenters. The monoisotopic (exact) mass is 262 g/mol. The summed E-state index contributed by atoms with van der Waals surface area (Å²) < 4.78 is 18.4. The molecule has 1 saturated heterocycles. The van der Waals surface area contributed by atoms with E-state index >= 15 is 0 Å². The van der Waals surface area contributed by atoms with Crippen LogP contribution in [0.15, 0.2) is 24.3 Å². The van der Waals surface area contributed by atoms with Crippen molar-refractivity contribution in [3.8, 4) is 6.07 Å². The fourth-order valence-electron chi connectivity index (χ4n) is 2.30. The Labute approximate surface area is 113 Å². The van der Waals surface area contributed by atoms with Crippen LogP contribution in [-0.4, -0.2) is 24.8 Å². The standard InChI is InChI=1S/C15H19FN2O/c1-15(11-17,18-10-14-3-2-8-19-14)9-12-4-6-13(16)7-5-12/h4-7,14,18H,2-3,8-10H2,1H3. The summed E-state index contributed by atoms with van der Waals surface area (Å²) in [6.07, 6.45) is 2.90. The molecular weight excluding hydrogens is 243 g/mol. The van der Waals surface area contributed by atoms with Gasteiger partial charge in [0.25, 0.3) is 0 Å². The number of nitrogens with one attached hydrogen (secondary N) is 1. The van der Waals surface area contributed by atoms with Crippen molar-refractivity contribution in [2.24, 2.45) is 0 Å². The minimum atomic E-state index is -0.649. The Hall–Kier alpha value is -1.44. The van der Waals surface area contributed by atoms with Gasteiger partial charge in [-0.1, -0.05) is 12.1 Å². The predicted molar refractivity (Wildman–Crippen MR) is 71.1 cm³/mol. The van der Waals surface area contributed by atoms with Gasteiger partial charge in [-0.25, -0.2) is 4.39 Å². The maximum atomic E-state index is 12.9. The van der Waals surface area contributed by atoms with Gasteiger partial charge < -0.3 is 4.74 Å². The average molecular weight is 262 g/mol. The third-order valence-corrected chi connectivity index (χ3v) is 3.46. The number of ether oxygens (including phenoxy) is 1. The first-order valence-electron chi connectivity index (χ1n) is 6.64. The first kappa shape index (κ1) is 14.0. The van der Waals surface area contributed by atoms with E-state index in [2.05, 4.69) is 11.4 Å². The molecule has 1 aliphatic rings. The summed E-state index contributed by atoms with van der Waals surface area (Å²) in [7, 11) is 0. The molecular formula is C15H19FN2O. The second-order valence-electron chi connectivity index (χ2n) is 5.26. The van der Waals surface area contributed by atoms with Crippen molar-refractivity contribution in [3.63, 3.8) is 0 Å². The van der Waals surface area contributed by atoms with Crippen LogP contribution >= 0.6 is 0 Å². The molecule has 0 aromatic heterocycles. The average Bonchev–Trinajstić information content (AvgIpc) is 2.93. The van der Waals surface area contributed by atoms with E-state index in [-0.39, 0.29) is 11.9 Å². The Bertz CT molecular complexity index is 448. The van der Waals surface area contributed by atoms with Gasteiger partial charge in [0.1, 0.15) is 11.4 Å². The lowest BCUT2D eigenvalue weighted by atomic mass is 9.94. The van der Waals surface area contributed by atoms with Gasteiger partial charge in [0.15, 0.2) is 0 Å². The lowest BCUT2D eigenvalue weighted by Gasteiger charge is -2.25. The molecule has 1 heterocycles. The van der Waals surface area contributed by atoms with Crippen molar-refractivity contribution in [2.45, 2.75) is 37.8 Å². The number of nitriles is 1. The lowest BCUT2D eigenvalue weighted by Crippen LogP contribution is -2.46. The van der Waals surface area contributed by atoms with Gasteiger partial charge in [0, 0.05) is 19.6 Å². The molecule has 102 valence electrons. The minimum absolute atomic E-state index is 0.209. The Balaban J connectivity index is 1.93. The smallest absolute Gasteiger partial charge is 0.123 e. The number of hydrogen-bond acceptors (Lipinski definition) is 3. The highest BCUT2D eigenvalue weighted by atomic mass is 19.1. The zero-order chi connectivity index (χ0) is 13.7. The number of benzene rings is 1. The minimum Gasteiger partial charge on any atom is -0.377 e. The van der Waals surface area contributed by atoms with Crippen molar-refractivity contribution >= 4 is 0 Å². The van der Waals surface area contributed by atoms with Gasteiger partial charge >= 0.3 is 0 Å². The highest BCUT2D eigenvalue weighted by Crippen LogP contribution is 2.16. The van der Waals surface area contributed by atoms with Crippen LogP contribution in [0.25, 0.3) is 0 Å². The van der Waals surface area contributed by atoms with Gasteiger partial charge in [-0.2, -0.15) is 5.26 Å². The summed E-state index contributed by atoms with van der Waals surface area (Å²) in [5, 5.41) is 12.6. The second kappa shape index (κ2) is 6.14. The number of halogens is 1. The fraction of sp³-hybridized carbons (Fsp3) is 0.533. The topological polar surface area (TPSA) is 45.0 Å². The van der Waals surface area contributed by atoms with Gasteiger partial charge in [-0.15, -0.1) is 0 Å². The normalized spacial score (nSPS) is 21.8. The quantitative estimate of drug-likeness (QED) is 0.886. The molecule has 0 saturated carbocycles. The predicted octanol–water partition coefficient (Wildman–Crippen LogP) is 2.42. The van der Waals surface area contributed by atoms with E-state index in [1.54, 1.807) is 12.1 Å². The summed E-state index contributed by atoms with van der Waals surface area (Å²) in [4.78, 5) is 0. The maximum absolute atomic E-state index is 12.9. The van der Waals surface area contributed by atoms with Crippen molar-refractivity contribution in [1.29, 1.82) is 5.26 Å². The molecule has 0 spiro atoms. The molecule has 0 aliphatic carbocycles. The van der Waals surface area contributed by atoms with E-state index in [0.29, 0.717) is 13.0 Å². The Kier molecular flexibility index (Phi) is 4.52. The van der Waals surface area contributed by atoms with Crippen molar-refractivity contribution in [2.75, 3.05) is 13.2 Å². The van der Waals surface area contributed by atoms with Gasteiger partial charge in [-0.05, 0) is 37.5 Å². The van der Waals surface area contributed by atoms with Gasteiger partial charge in [-0.3, -0.25) is 5.32 Å². The lowest BCUT2D eigenvalue weighted by molar-refractivity contribution is 0.105. The molecule has 1 aromatic carbocycles. The van der Waals surface area contributed by atoms with Crippen molar-refractivity contribution in [1.82, 2.24) is 5.32 Å². The largest absolute Gasteiger partial charge is 0.377 e. The SMILES string of the molecule is CC(C#N)(Cc1ccc(F)cc1)NCC1CCCO1. The molecule has 0 radical (unpaired) electrons. The molecule has 19 heavy (non-hydrogen) atoms. The number of nitrogens with zero attached hydrogens (tertiary/aromatic N) is 1. The molecule has 2 atom stereocenters. The van der Waals surface area contributed by atoms with Crippen molar-refractivity contribution in [3.05, 3.63) is 35.6 Å². The molecule has 1 aromatic rings. The van der Waals surface area contributed by atoms with E-state index in [1.165, 1.54) is 12.1 Å². The van der Waals surface area contributed by atoms with Crippen LogP contribution in [0.2, 0.25) is 0 Å². The third kappa shape index (κ3) is 4.02. The van der Waals surface area contributed by atoms with E-state index < -0.39 is 5.54 Å². The first-order chi connectivity index (χ1) is 9.11. The molecule has 0 amide bonds. The molecule has 1 N–H and O–H groups in total. The van der Waals surface area contributed by atoms with Crippen LogP contribution in [-0.2, 0) is 11.2 Å². The van der Waals surface area contributed by atoms with E-state index in [4.69, 9.17) is 4.74 Å². The Morgan fingerprint density at radius 2 is 2.21 bits per heavy atom. The van der Waals surface area contributed by atoms with Crippen LogP contribution in [0.5, 0.6) is 0 Å². The van der Waals surface area contributed by atoms with Crippen LogP contribution < -0.4 is 5.32 Å². The molecule has 2 rings (SSSR count). The van der Waals surface area contributed by atoms with E-state index in [1.807, 2.05) is 6.92 Å².